The zero-order valence-electron chi connectivity index (χ0n) is 7.38. The summed E-state index contributed by atoms with van der Waals surface area (Å²) in [4.78, 5) is 3.48. The number of phenolic OH excluding ortho intramolecular Hbond substituents is 1. The predicted octanol–water partition coefficient (Wildman–Crippen LogP) is 0.987. The fourth-order valence-corrected chi connectivity index (χ4v) is 1.94. The lowest BCUT2D eigenvalue weighted by Crippen LogP contribution is -1.99. The SMILES string of the molecule is O=S(=O)(O)c1c[c]c(O)c2ncccc12. The molecule has 1 aromatic heterocycles. The van der Waals surface area contributed by atoms with Gasteiger partial charge in [0.05, 0.1) is 0 Å². The molecule has 1 radical (unpaired) electrons. The van der Waals surface area contributed by atoms with Gasteiger partial charge in [-0.15, -0.1) is 0 Å². The maximum absolute atomic E-state index is 11.0. The lowest BCUT2D eigenvalue weighted by atomic mass is 10.2. The molecule has 15 heavy (non-hydrogen) atoms. The molecule has 0 amide bonds. The van der Waals surface area contributed by atoms with E-state index in [1.165, 1.54) is 18.3 Å². The van der Waals surface area contributed by atoms with E-state index < -0.39 is 10.1 Å². The van der Waals surface area contributed by atoms with E-state index in [1.54, 1.807) is 0 Å². The summed E-state index contributed by atoms with van der Waals surface area (Å²) in [6, 6.07) is 6.27. The molecule has 0 aliphatic rings. The summed E-state index contributed by atoms with van der Waals surface area (Å²) in [6.45, 7) is 0. The maximum Gasteiger partial charge on any atom is 0.295 e. The Morgan fingerprint density at radius 3 is 2.80 bits per heavy atom. The minimum absolute atomic E-state index is 0.0904. The van der Waals surface area contributed by atoms with E-state index in [9.17, 15) is 13.5 Å². The van der Waals surface area contributed by atoms with Crippen molar-refractivity contribution in [2.75, 3.05) is 0 Å². The van der Waals surface area contributed by atoms with Crippen molar-refractivity contribution in [2.24, 2.45) is 0 Å². The molecular formula is C9H6NO4S. The zero-order chi connectivity index (χ0) is 11.1. The van der Waals surface area contributed by atoms with Gasteiger partial charge < -0.3 is 5.11 Å². The molecule has 5 nitrogen and oxygen atoms in total. The first kappa shape index (κ1) is 9.88. The van der Waals surface area contributed by atoms with E-state index in [0.717, 1.165) is 6.07 Å². The van der Waals surface area contributed by atoms with E-state index in [-0.39, 0.29) is 21.5 Å². The molecule has 1 aromatic carbocycles. The fraction of sp³-hybridized carbons (Fsp3) is 0. The zero-order valence-corrected chi connectivity index (χ0v) is 8.19. The van der Waals surface area contributed by atoms with Crippen LogP contribution in [0.15, 0.2) is 29.3 Å². The van der Waals surface area contributed by atoms with Crippen LogP contribution in [0.5, 0.6) is 5.75 Å². The number of phenols is 1. The minimum Gasteiger partial charge on any atom is -0.505 e. The summed E-state index contributed by atoms with van der Waals surface area (Å²) >= 11 is 0. The number of nitrogens with zero attached hydrogens (tertiary/aromatic N) is 1. The predicted molar refractivity (Wildman–Crippen MR) is 52.1 cm³/mol. The first-order valence-corrected chi connectivity index (χ1v) is 5.40. The molecule has 0 spiro atoms. The van der Waals surface area contributed by atoms with Crippen LogP contribution in [-0.4, -0.2) is 23.1 Å². The Morgan fingerprint density at radius 2 is 2.13 bits per heavy atom. The van der Waals surface area contributed by atoms with Crippen molar-refractivity contribution >= 4 is 21.0 Å². The second kappa shape index (κ2) is 3.18. The molecule has 0 saturated carbocycles. The van der Waals surface area contributed by atoms with E-state index >= 15 is 0 Å². The molecule has 0 unspecified atom stereocenters. The Labute approximate surface area is 85.8 Å². The van der Waals surface area contributed by atoms with Gasteiger partial charge >= 0.3 is 0 Å². The third-order valence-electron chi connectivity index (χ3n) is 1.92. The normalized spacial score (nSPS) is 11.8. The van der Waals surface area contributed by atoms with Gasteiger partial charge in [0, 0.05) is 17.6 Å². The third kappa shape index (κ3) is 1.64. The smallest absolute Gasteiger partial charge is 0.295 e. The van der Waals surface area contributed by atoms with Crippen LogP contribution in [0.3, 0.4) is 0 Å². The van der Waals surface area contributed by atoms with Crippen molar-refractivity contribution in [3.63, 3.8) is 0 Å². The molecule has 0 fully saturated rings. The summed E-state index contributed by atoms with van der Waals surface area (Å²) in [7, 11) is -4.33. The van der Waals surface area contributed by atoms with E-state index in [2.05, 4.69) is 11.1 Å². The Balaban J connectivity index is 2.96. The number of benzene rings is 1. The van der Waals surface area contributed by atoms with Gasteiger partial charge in [0.2, 0.25) is 0 Å². The van der Waals surface area contributed by atoms with E-state index in [4.69, 9.17) is 4.55 Å². The standard InChI is InChI=1S/C9H6NO4S/c11-7-3-4-8(15(12,13)14)6-2-1-5-10-9(6)7/h1-2,4-5,11H,(H,12,13,14). The highest BCUT2D eigenvalue weighted by Gasteiger charge is 2.15. The molecule has 77 valence electrons. The van der Waals surface area contributed by atoms with Crippen molar-refractivity contribution in [3.05, 3.63) is 30.5 Å². The van der Waals surface area contributed by atoms with Crippen LogP contribution in [-0.2, 0) is 10.1 Å². The highest BCUT2D eigenvalue weighted by atomic mass is 32.2. The van der Waals surface area contributed by atoms with Gasteiger partial charge in [-0.05, 0) is 18.2 Å². The maximum atomic E-state index is 11.0. The first-order valence-electron chi connectivity index (χ1n) is 3.96. The van der Waals surface area contributed by atoms with E-state index in [0.29, 0.717) is 0 Å². The highest BCUT2D eigenvalue weighted by molar-refractivity contribution is 7.86. The molecule has 1 heterocycles. The Kier molecular flexibility index (Phi) is 2.09. The quantitative estimate of drug-likeness (QED) is 0.705. The van der Waals surface area contributed by atoms with Crippen LogP contribution in [0, 0.1) is 6.07 Å². The molecule has 2 aromatic rings. The Hall–Kier alpha value is -1.66. The average molecular weight is 224 g/mol. The molecule has 0 aliphatic carbocycles. The van der Waals surface area contributed by atoms with Crippen molar-refractivity contribution in [1.29, 1.82) is 0 Å². The van der Waals surface area contributed by atoms with Crippen molar-refractivity contribution in [1.82, 2.24) is 4.98 Å². The van der Waals surface area contributed by atoms with Gasteiger partial charge in [0.25, 0.3) is 10.1 Å². The van der Waals surface area contributed by atoms with Crippen LogP contribution in [0.1, 0.15) is 0 Å². The van der Waals surface area contributed by atoms with Crippen LogP contribution in [0.2, 0.25) is 0 Å². The van der Waals surface area contributed by atoms with E-state index in [1.807, 2.05) is 0 Å². The van der Waals surface area contributed by atoms with Gasteiger partial charge in [-0.1, -0.05) is 0 Å². The lowest BCUT2D eigenvalue weighted by molar-refractivity contribution is 0.477. The number of aromatic hydroxyl groups is 1. The van der Waals surface area contributed by atoms with Crippen molar-refractivity contribution in [2.45, 2.75) is 4.90 Å². The fourth-order valence-electron chi connectivity index (χ4n) is 1.29. The van der Waals surface area contributed by atoms with Crippen LogP contribution >= 0.6 is 0 Å². The Morgan fingerprint density at radius 1 is 1.40 bits per heavy atom. The summed E-state index contributed by atoms with van der Waals surface area (Å²) in [5, 5.41) is 9.53. The van der Waals surface area contributed by atoms with Gasteiger partial charge in [0.15, 0.2) is 0 Å². The largest absolute Gasteiger partial charge is 0.505 e. The van der Waals surface area contributed by atoms with Crippen LogP contribution in [0.25, 0.3) is 10.9 Å². The van der Waals surface area contributed by atoms with Gasteiger partial charge in [-0.2, -0.15) is 8.42 Å². The highest BCUT2D eigenvalue weighted by Crippen LogP contribution is 2.27. The molecule has 6 heteroatoms. The molecule has 0 bridgehead atoms. The molecule has 0 atom stereocenters. The number of rotatable bonds is 1. The Bertz CT molecular complexity index is 621. The monoisotopic (exact) mass is 224 g/mol. The second-order valence-corrected chi connectivity index (χ2v) is 4.27. The van der Waals surface area contributed by atoms with Crippen molar-refractivity contribution in [3.8, 4) is 5.75 Å². The second-order valence-electron chi connectivity index (χ2n) is 2.88. The van der Waals surface area contributed by atoms with Gasteiger partial charge in [-0.25, -0.2) is 0 Å². The summed E-state index contributed by atoms with van der Waals surface area (Å²) in [5.41, 5.74) is 0.0904. The number of fused-ring (bicyclic) bond motifs is 1. The topological polar surface area (TPSA) is 87.5 Å². The average Bonchev–Trinajstić information content (AvgIpc) is 2.17. The number of aromatic nitrogens is 1. The first-order chi connectivity index (χ1) is 7.00. The molecule has 0 aliphatic heterocycles. The third-order valence-corrected chi connectivity index (χ3v) is 2.81. The summed E-state index contributed by atoms with van der Waals surface area (Å²) in [6.07, 6.45) is 1.41. The minimum atomic E-state index is -4.33. The van der Waals surface area contributed by atoms with Gasteiger partial charge in [0.1, 0.15) is 16.2 Å². The number of hydrogen-bond acceptors (Lipinski definition) is 4. The molecule has 2 N–H and O–H groups in total. The molecule has 0 saturated heterocycles. The lowest BCUT2D eigenvalue weighted by Gasteiger charge is -2.03. The van der Waals surface area contributed by atoms with Crippen LogP contribution < -0.4 is 0 Å². The summed E-state index contributed by atoms with van der Waals surface area (Å²) in [5.74, 6) is -0.252. The van der Waals surface area contributed by atoms with Crippen LogP contribution in [0.4, 0.5) is 0 Å². The van der Waals surface area contributed by atoms with Gasteiger partial charge in [-0.3, -0.25) is 9.54 Å². The molecular weight excluding hydrogens is 218 g/mol. The molecule has 2 rings (SSSR count). The van der Waals surface area contributed by atoms with Crippen molar-refractivity contribution < 1.29 is 18.1 Å². The number of hydrogen-bond donors (Lipinski definition) is 2. The summed E-state index contributed by atoms with van der Waals surface area (Å²) < 4.78 is 30.9. The number of pyridine rings is 1.